The summed E-state index contributed by atoms with van der Waals surface area (Å²) in [7, 11) is 0. The molecule has 2 nitrogen and oxygen atoms in total. The van der Waals surface area contributed by atoms with Crippen molar-refractivity contribution in [1.82, 2.24) is 0 Å². The number of ether oxygens (including phenoxy) is 1. The Hall–Kier alpha value is -3.26. The Kier molecular flexibility index (Phi) is 5.99. The molecule has 0 spiro atoms. The molecule has 4 aromatic rings. The molecule has 6 atom stereocenters. The monoisotopic (exact) mass is 545 g/mol. The highest BCUT2D eigenvalue weighted by Crippen LogP contribution is 2.83. The number of hydrogen-bond acceptors (Lipinski definition) is 3. The van der Waals surface area contributed by atoms with Crippen molar-refractivity contribution < 1.29 is 4.74 Å². The van der Waals surface area contributed by atoms with Crippen LogP contribution >= 0.6 is 6.04 Å². The lowest BCUT2D eigenvalue weighted by atomic mass is 9.68. The van der Waals surface area contributed by atoms with E-state index >= 15 is 0 Å². The van der Waals surface area contributed by atoms with Crippen molar-refractivity contribution in [2.75, 3.05) is 6.16 Å². The van der Waals surface area contributed by atoms with E-state index in [4.69, 9.17) is 21.5 Å². The Balaban J connectivity index is 1.42. The predicted molar refractivity (Wildman–Crippen MR) is 166 cm³/mol. The van der Waals surface area contributed by atoms with E-state index in [1.54, 1.807) is 0 Å². The van der Waals surface area contributed by atoms with E-state index in [1.807, 2.05) is 0 Å². The maximum Gasteiger partial charge on any atom is 0.194 e. The summed E-state index contributed by atoms with van der Waals surface area (Å²) in [4.78, 5) is 5.46. The average Bonchev–Trinajstić information content (AvgIpc) is 3.58. The first-order chi connectivity index (χ1) is 19.0. The van der Waals surface area contributed by atoms with Gasteiger partial charge in [0.25, 0.3) is 0 Å². The van der Waals surface area contributed by atoms with Gasteiger partial charge in [0.1, 0.15) is 6.04 Å². The quantitative estimate of drug-likeness (QED) is 0.233. The zero-order chi connectivity index (χ0) is 26.6. The number of hydrogen-bond donors (Lipinski definition) is 0. The van der Waals surface area contributed by atoms with Crippen molar-refractivity contribution in [1.29, 1.82) is 0 Å². The number of rotatable bonds is 5. The van der Waals surface area contributed by atoms with Gasteiger partial charge < -0.3 is 4.74 Å². The molecule has 0 N–H and O–H groups in total. The van der Waals surface area contributed by atoms with Gasteiger partial charge in [0.15, 0.2) is 12.0 Å². The Morgan fingerprint density at radius 2 is 1.26 bits per heavy atom. The molecule has 0 aliphatic carbocycles. The molecule has 7 rings (SSSR count). The lowest BCUT2D eigenvalue weighted by Gasteiger charge is -2.40. The Labute approximate surface area is 236 Å². The lowest BCUT2D eigenvalue weighted by molar-refractivity contribution is 0.189. The fourth-order valence-corrected chi connectivity index (χ4v) is 14.4. The van der Waals surface area contributed by atoms with E-state index in [2.05, 4.69) is 135 Å². The van der Waals surface area contributed by atoms with Gasteiger partial charge in [-0.15, -0.1) is 0 Å². The molecule has 39 heavy (non-hydrogen) atoms. The second-order valence-electron chi connectivity index (χ2n) is 11.3. The van der Waals surface area contributed by atoms with Crippen LogP contribution in [0.25, 0.3) is 5.31 Å². The van der Waals surface area contributed by atoms with Gasteiger partial charge in [-0.25, -0.2) is 4.99 Å². The molecule has 1 fully saturated rings. The van der Waals surface area contributed by atoms with Crippen LogP contribution in [0, 0.1) is 5.41 Å². The molecule has 0 amide bonds. The maximum absolute atomic E-state index is 7.02. The summed E-state index contributed by atoms with van der Waals surface area (Å²) in [6, 6.07) is 40.8. The summed E-state index contributed by atoms with van der Waals surface area (Å²) < 4.78 is 7.02. The Morgan fingerprint density at radius 1 is 0.744 bits per heavy atom. The fraction of sp³-hybridized carbons (Fsp3) is 0.229. The van der Waals surface area contributed by atoms with E-state index in [9.17, 15) is 0 Å². The van der Waals surface area contributed by atoms with Crippen LogP contribution in [0.2, 0.25) is 0 Å². The maximum atomic E-state index is 7.02. The summed E-state index contributed by atoms with van der Waals surface area (Å²) >= 11 is 6.90. The van der Waals surface area contributed by atoms with Gasteiger partial charge in [-0.3, -0.25) is 0 Å². The minimum atomic E-state index is -2.09. The van der Waals surface area contributed by atoms with Crippen molar-refractivity contribution in [3.05, 3.63) is 149 Å². The van der Waals surface area contributed by atoms with Gasteiger partial charge in [0, 0.05) is 11.3 Å². The molecule has 4 aromatic carbocycles. The molecule has 194 valence electrons. The van der Waals surface area contributed by atoms with Crippen LogP contribution in [-0.2, 0) is 16.5 Å². The SMILES string of the molecule is CC1=C(c2ccccc2)[P@@]2(=S)C[C@@]1(C)[C@H](c1ccccc1)[C@@H]2C1=N[C@@H](c2ccccc2)[C@H](c2ccccc2)O1. The molecule has 3 aliphatic rings. The third kappa shape index (κ3) is 3.82. The second kappa shape index (κ2) is 9.44. The molecule has 3 heterocycles. The first kappa shape index (κ1) is 24.8. The number of nitrogens with zero attached hydrogens (tertiary/aromatic N) is 1. The van der Waals surface area contributed by atoms with E-state index in [0.29, 0.717) is 0 Å². The van der Waals surface area contributed by atoms with Gasteiger partial charge in [-0.2, -0.15) is 0 Å². The van der Waals surface area contributed by atoms with Crippen LogP contribution in [0.5, 0.6) is 0 Å². The third-order valence-corrected chi connectivity index (χ3v) is 14.6. The molecular formula is C35H32NOPS. The molecule has 0 aromatic heterocycles. The number of benzene rings is 4. The van der Waals surface area contributed by atoms with Crippen LogP contribution < -0.4 is 0 Å². The van der Waals surface area contributed by atoms with E-state index in [0.717, 1.165) is 17.6 Å². The molecule has 0 radical (unpaired) electrons. The van der Waals surface area contributed by atoms with Crippen LogP contribution in [0.4, 0.5) is 0 Å². The standard InChI is InChI=1S/C35H32NOPS/c1-24-32(28-21-13-6-14-22-28)38(39)23-35(24,2)29(25-15-7-3-8-16-25)33(38)34-36-30(26-17-9-4-10-18-26)31(37-34)27-19-11-5-12-20-27/h3-22,29-31,33H,23H2,1-2H3/t29-,30+,31+,33-,35-,38+/m1/s1. The van der Waals surface area contributed by atoms with Crippen LogP contribution in [0.15, 0.2) is 132 Å². The zero-order valence-electron chi connectivity index (χ0n) is 22.3. The molecule has 2 bridgehead atoms. The van der Waals surface area contributed by atoms with Gasteiger partial charge >= 0.3 is 0 Å². The number of aliphatic imine (C=N–C) groups is 1. The van der Waals surface area contributed by atoms with E-state index in [1.165, 1.54) is 27.6 Å². The second-order valence-corrected chi connectivity index (χ2v) is 16.2. The average molecular weight is 546 g/mol. The normalized spacial score (nSPS) is 31.3. The first-order valence-corrected chi connectivity index (χ1v) is 16.8. The predicted octanol–water partition coefficient (Wildman–Crippen LogP) is 8.99. The summed E-state index contributed by atoms with van der Waals surface area (Å²) in [5.74, 6) is 1.10. The highest BCUT2D eigenvalue weighted by molar-refractivity contribution is 8.20. The van der Waals surface area contributed by atoms with Crippen molar-refractivity contribution in [3.63, 3.8) is 0 Å². The smallest absolute Gasteiger partial charge is 0.194 e. The molecule has 4 heteroatoms. The third-order valence-electron chi connectivity index (χ3n) is 9.13. The van der Waals surface area contributed by atoms with E-state index in [-0.39, 0.29) is 29.1 Å². The van der Waals surface area contributed by atoms with E-state index < -0.39 is 6.04 Å². The summed E-state index contributed by atoms with van der Waals surface area (Å²) in [5, 5.41) is 1.41. The minimum absolute atomic E-state index is 0.0360. The minimum Gasteiger partial charge on any atom is -0.470 e. The highest BCUT2D eigenvalue weighted by atomic mass is 32.4. The summed E-state index contributed by atoms with van der Waals surface area (Å²) in [6.07, 6.45) is 0.851. The molecule has 3 aliphatic heterocycles. The van der Waals surface area contributed by atoms with Crippen molar-refractivity contribution in [2.45, 2.75) is 37.6 Å². The first-order valence-electron chi connectivity index (χ1n) is 13.8. The molecular weight excluding hydrogens is 513 g/mol. The van der Waals surface area contributed by atoms with Gasteiger partial charge in [0.05, 0.1) is 5.66 Å². The highest BCUT2D eigenvalue weighted by Gasteiger charge is 2.65. The molecule has 0 unspecified atom stereocenters. The van der Waals surface area contributed by atoms with Crippen LogP contribution in [0.1, 0.15) is 54.2 Å². The zero-order valence-corrected chi connectivity index (χ0v) is 24.0. The molecule has 0 saturated carbocycles. The Bertz CT molecular complexity index is 1620. The van der Waals surface area contributed by atoms with Gasteiger partial charge in [0.2, 0.25) is 0 Å². The fourth-order valence-electron chi connectivity index (χ4n) is 7.33. The Morgan fingerprint density at radius 3 is 1.85 bits per heavy atom. The number of fused-ring (bicyclic) bond motifs is 2. The summed E-state index contributed by atoms with van der Waals surface area (Å²) in [6.45, 7) is 4.77. The molecule has 1 saturated heterocycles. The topological polar surface area (TPSA) is 21.6 Å². The van der Waals surface area contributed by atoms with Gasteiger partial charge in [-0.1, -0.05) is 146 Å². The van der Waals surface area contributed by atoms with Crippen LogP contribution in [-0.4, -0.2) is 17.7 Å². The lowest BCUT2D eigenvalue weighted by Crippen LogP contribution is -2.35. The largest absolute Gasteiger partial charge is 0.470 e. The van der Waals surface area contributed by atoms with Crippen molar-refractivity contribution in [3.8, 4) is 0 Å². The van der Waals surface area contributed by atoms with Crippen molar-refractivity contribution >= 4 is 29.1 Å². The number of allylic oxidation sites excluding steroid dienone is 1. The van der Waals surface area contributed by atoms with Gasteiger partial charge in [-0.05, 0) is 46.7 Å². The van der Waals surface area contributed by atoms with Crippen molar-refractivity contribution in [2.24, 2.45) is 10.4 Å². The van der Waals surface area contributed by atoms with Crippen LogP contribution in [0.3, 0.4) is 0 Å². The summed E-state index contributed by atoms with van der Waals surface area (Å²) in [5.41, 5.74) is 6.44.